The van der Waals surface area contributed by atoms with Gasteiger partial charge in [0.25, 0.3) is 0 Å². The van der Waals surface area contributed by atoms with Gasteiger partial charge in [0, 0.05) is 24.3 Å². The van der Waals surface area contributed by atoms with Crippen LogP contribution in [0.3, 0.4) is 0 Å². The van der Waals surface area contributed by atoms with Crippen LogP contribution in [0.5, 0.6) is 0 Å². The van der Waals surface area contributed by atoms with E-state index in [1.54, 1.807) is 0 Å². The van der Waals surface area contributed by atoms with Crippen LogP contribution in [0.2, 0.25) is 0 Å². The molecule has 0 aromatic carbocycles. The monoisotopic (exact) mass is 226 g/mol. The third-order valence-corrected chi connectivity index (χ3v) is 4.30. The molecule has 2 rings (SSSR count). The van der Waals surface area contributed by atoms with Crippen molar-refractivity contribution >= 4 is 0 Å². The molecule has 1 heterocycles. The van der Waals surface area contributed by atoms with E-state index in [9.17, 15) is 0 Å². The topological polar surface area (TPSA) is 61.3 Å². The van der Waals surface area contributed by atoms with E-state index in [-0.39, 0.29) is 11.1 Å². The lowest BCUT2D eigenvalue weighted by Crippen LogP contribution is -2.49. The summed E-state index contributed by atoms with van der Waals surface area (Å²) in [6.45, 7) is 3.86. The number of hydrogen-bond donors (Lipinski definition) is 2. The standard InChI is InChI=1S/C13H26N2O/c1-12(14)4-2-3-11(9-12)10-13(15)5-7-16-8-6-13/h11H,2-10,14-15H2,1H3. The van der Waals surface area contributed by atoms with Crippen LogP contribution in [0.1, 0.15) is 51.9 Å². The summed E-state index contributed by atoms with van der Waals surface area (Å²) in [5.74, 6) is 0.729. The molecule has 0 aromatic rings. The molecule has 1 saturated carbocycles. The maximum atomic E-state index is 6.46. The summed E-state index contributed by atoms with van der Waals surface area (Å²) in [7, 11) is 0. The van der Waals surface area contributed by atoms with E-state index in [1.807, 2.05) is 0 Å². The summed E-state index contributed by atoms with van der Waals surface area (Å²) in [6, 6.07) is 0. The molecular weight excluding hydrogens is 200 g/mol. The smallest absolute Gasteiger partial charge is 0.0483 e. The van der Waals surface area contributed by atoms with Crippen LogP contribution >= 0.6 is 0 Å². The zero-order valence-electron chi connectivity index (χ0n) is 10.5. The van der Waals surface area contributed by atoms with E-state index in [0.29, 0.717) is 0 Å². The predicted octanol–water partition coefficient (Wildman–Crippen LogP) is 1.79. The summed E-state index contributed by atoms with van der Waals surface area (Å²) in [5, 5.41) is 0. The highest BCUT2D eigenvalue weighted by atomic mass is 16.5. The summed E-state index contributed by atoms with van der Waals surface area (Å²) < 4.78 is 5.39. The van der Waals surface area contributed by atoms with Crippen molar-refractivity contribution in [2.75, 3.05) is 13.2 Å². The molecule has 2 aliphatic rings. The van der Waals surface area contributed by atoms with Crippen LogP contribution in [0.4, 0.5) is 0 Å². The summed E-state index contributed by atoms with van der Waals surface area (Å²) in [6.07, 6.45) is 8.08. The van der Waals surface area contributed by atoms with Crippen molar-refractivity contribution in [1.29, 1.82) is 0 Å². The van der Waals surface area contributed by atoms with Gasteiger partial charge in [0.15, 0.2) is 0 Å². The molecular formula is C13H26N2O. The van der Waals surface area contributed by atoms with Crippen LogP contribution in [0, 0.1) is 5.92 Å². The highest BCUT2D eigenvalue weighted by Crippen LogP contribution is 2.37. The molecule has 0 bridgehead atoms. The SMILES string of the molecule is CC1(N)CCCC(CC2(N)CCOCC2)C1. The van der Waals surface area contributed by atoms with Gasteiger partial charge in [-0.05, 0) is 44.9 Å². The first-order valence-electron chi connectivity index (χ1n) is 6.65. The largest absolute Gasteiger partial charge is 0.381 e. The van der Waals surface area contributed by atoms with Gasteiger partial charge in [-0.25, -0.2) is 0 Å². The molecule has 0 amide bonds. The molecule has 4 N–H and O–H groups in total. The Morgan fingerprint density at radius 3 is 2.50 bits per heavy atom. The van der Waals surface area contributed by atoms with E-state index in [4.69, 9.17) is 16.2 Å². The molecule has 1 saturated heterocycles. The van der Waals surface area contributed by atoms with Gasteiger partial charge in [-0.2, -0.15) is 0 Å². The molecule has 2 unspecified atom stereocenters. The minimum Gasteiger partial charge on any atom is -0.381 e. The summed E-state index contributed by atoms with van der Waals surface area (Å²) in [5.41, 5.74) is 12.8. The number of rotatable bonds is 2. The van der Waals surface area contributed by atoms with Crippen molar-refractivity contribution in [1.82, 2.24) is 0 Å². The maximum absolute atomic E-state index is 6.46. The number of hydrogen-bond acceptors (Lipinski definition) is 3. The lowest BCUT2D eigenvalue weighted by molar-refractivity contribution is 0.0389. The Kier molecular flexibility index (Phi) is 3.57. The van der Waals surface area contributed by atoms with Crippen LogP contribution in [-0.4, -0.2) is 24.3 Å². The second-order valence-corrected chi connectivity index (χ2v) is 6.30. The van der Waals surface area contributed by atoms with Crippen molar-refractivity contribution in [3.8, 4) is 0 Å². The summed E-state index contributed by atoms with van der Waals surface area (Å²) >= 11 is 0. The van der Waals surface area contributed by atoms with Crippen molar-refractivity contribution in [2.24, 2.45) is 17.4 Å². The Morgan fingerprint density at radius 1 is 1.19 bits per heavy atom. The Morgan fingerprint density at radius 2 is 1.88 bits per heavy atom. The predicted molar refractivity (Wildman–Crippen MR) is 66.1 cm³/mol. The molecule has 0 radical (unpaired) electrons. The first kappa shape index (κ1) is 12.3. The Hall–Kier alpha value is -0.120. The molecule has 3 heteroatoms. The summed E-state index contributed by atoms with van der Waals surface area (Å²) in [4.78, 5) is 0. The molecule has 1 aliphatic heterocycles. The fourth-order valence-corrected chi connectivity index (χ4v) is 3.39. The molecule has 2 atom stereocenters. The van der Waals surface area contributed by atoms with Gasteiger partial charge in [-0.15, -0.1) is 0 Å². The highest BCUT2D eigenvalue weighted by molar-refractivity contribution is 4.93. The van der Waals surface area contributed by atoms with Crippen LogP contribution in [0.15, 0.2) is 0 Å². The van der Waals surface area contributed by atoms with Crippen LogP contribution in [-0.2, 0) is 4.74 Å². The van der Waals surface area contributed by atoms with Gasteiger partial charge in [0.05, 0.1) is 0 Å². The lowest BCUT2D eigenvalue weighted by Gasteiger charge is -2.41. The van der Waals surface area contributed by atoms with Gasteiger partial charge >= 0.3 is 0 Å². The third kappa shape index (κ3) is 3.19. The van der Waals surface area contributed by atoms with E-state index < -0.39 is 0 Å². The third-order valence-electron chi connectivity index (χ3n) is 4.30. The normalized spacial score (nSPS) is 39.6. The molecule has 16 heavy (non-hydrogen) atoms. The molecule has 1 aliphatic carbocycles. The zero-order valence-corrected chi connectivity index (χ0v) is 10.5. The average molecular weight is 226 g/mol. The first-order chi connectivity index (χ1) is 7.49. The minimum absolute atomic E-state index is 0.0241. The first-order valence-corrected chi connectivity index (χ1v) is 6.65. The van der Waals surface area contributed by atoms with Crippen molar-refractivity contribution in [3.05, 3.63) is 0 Å². The fraction of sp³-hybridized carbons (Fsp3) is 1.00. The van der Waals surface area contributed by atoms with Crippen molar-refractivity contribution < 1.29 is 4.74 Å². The Bertz CT molecular complexity index is 234. The number of nitrogens with two attached hydrogens (primary N) is 2. The van der Waals surface area contributed by atoms with E-state index in [0.717, 1.165) is 44.8 Å². The van der Waals surface area contributed by atoms with E-state index in [2.05, 4.69) is 6.92 Å². The zero-order chi connectivity index (χ0) is 11.6. The van der Waals surface area contributed by atoms with Crippen molar-refractivity contribution in [3.63, 3.8) is 0 Å². The van der Waals surface area contributed by atoms with Gasteiger partial charge in [0.2, 0.25) is 0 Å². The van der Waals surface area contributed by atoms with Gasteiger partial charge in [-0.3, -0.25) is 0 Å². The van der Waals surface area contributed by atoms with Crippen LogP contribution in [0.25, 0.3) is 0 Å². The average Bonchev–Trinajstić information content (AvgIpc) is 2.16. The molecule has 0 aromatic heterocycles. The van der Waals surface area contributed by atoms with E-state index >= 15 is 0 Å². The molecule has 94 valence electrons. The Balaban J connectivity index is 1.88. The second kappa shape index (κ2) is 4.63. The van der Waals surface area contributed by atoms with Crippen molar-refractivity contribution in [2.45, 2.75) is 62.9 Å². The molecule has 0 spiro atoms. The van der Waals surface area contributed by atoms with Gasteiger partial charge in [0.1, 0.15) is 0 Å². The fourth-order valence-electron chi connectivity index (χ4n) is 3.39. The van der Waals surface area contributed by atoms with Gasteiger partial charge in [-0.1, -0.05) is 12.8 Å². The Labute approximate surface area is 98.9 Å². The van der Waals surface area contributed by atoms with E-state index in [1.165, 1.54) is 19.3 Å². The minimum atomic E-state index is 0.0241. The molecule has 2 fully saturated rings. The lowest BCUT2D eigenvalue weighted by atomic mass is 9.71. The second-order valence-electron chi connectivity index (χ2n) is 6.30. The molecule has 3 nitrogen and oxygen atoms in total. The number of ether oxygens (including phenoxy) is 1. The quantitative estimate of drug-likeness (QED) is 0.754. The van der Waals surface area contributed by atoms with Gasteiger partial charge < -0.3 is 16.2 Å². The maximum Gasteiger partial charge on any atom is 0.0483 e. The highest BCUT2D eigenvalue weighted by Gasteiger charge is 2.35. The van der Waals surface area contributed by atoms with Crippen LogP contribution < -0.4 is 11.5 Å².